The fraction of sp³-hybridized carbons (Fsp3) is 0.550. The minimum absolute atomic E-state index is 0.153. The van der Waals surface area contributed by atoms with E-state index in [1.807, 2.05) is 11.8 Å². The van der Waals surface area contributed by atoms with Crippen molar-refractivity contribution in [1.29, 1.82) is 0 Å². The van der Waals surface area contributed by atoms with E-state index in [4.69, 9.17) is 0 Å². The number of carbonyl (C=O) groups is 1. The molecule has 0 unspecified atom stereocenters. The summed E-state index contributed by atoms with van der Waals surface area (Å²) in [4.78, 5) is 35.1. The third-order valence-electron chi connectivity index (χ3n) is 5.03. The molecule has 1 fully saturated rings. The first-order valence-electron chi connectivity index (χ1n) is 10.2. The van der Waals surface area contributed by atoms with Crippen molar-refractivity contribution in [1.82, 2.24) is 30.5 Å². The fourth-order valence-corrected chi connectivity index (χ4v) is 4.14. The monoisotopic (exact) mass is 430 g/mol. The van der Waals surface area contributed by atoms with Crippen molar-refractivity contribution in [2.75, 3.05) is 51.2 Å². The minimum atomic E-state index is 0.153. The molecule has 3 heterocycles. The van der Waals surface area contributed by atoms with Gasteiger partial charge in [0.05, 0.1) is 10.7 Å². The lowest BCUT2D eigenvalue weighted by atomic mass is 10.3. The SMILES string of the molecule is CN=C(NCCC(=O)N1CCN(c2ncccn2)CC1)NCCc1nc(C)c(C)s1. The molecule has 1 saturated heterocycles. The van der Waals surface area contributed by atoms with Crippen molar-refractivity contribution in [3.8, 4) is 0 Å². The van der Waals surface area contributed by atoms with Gasteiger partial charge in [0.2, 0.25) is 11.9 Å². The van der Waals surface area contributed by atoms with Gasteiger partial charge in [-0.3, -0.25) is 9.79 Å². The molecule has 0 saturated carbocycles. The molecule has 0 atom stereocenters. The third-order valence-corrected chi connectivity index (χ3v) is 6.16. The van der Waals surface area contributed by atoms with Crippen LogP contribution in [0.3, 0.4) is 0 Å². The largest absolute Gasteiger partial charge is 0.356 e. The van der Waals surface area contributed by atoms with Gasteiger partial charge in [0.25, 0.3) is 0 Å². The van der Waals surface area contributed by atoms with Crippen molar-refractivity contribution in [3.63, 3.8) is 0 Å². The van der Waals surface area contributed by atoms with E-state index in [1.54, 1.807) is 36.8 Å². The highest BCUT2D eigenvalue weighted by molar-refractivity contribution is 7.11. The summed E-state index contributed by atoms with van der Waals surface area (Å²) in [5, 5.41) is 7.63. The van der Waals surface area contributed by atoms with Crippen LogP contribution in [0, 0.1) is 13.8 Å². The molecule has 0 aliphatic carbocycles. The Labute approximate surface area is 181 Å². The number of nitrogens with zero attached hydrogens (tertiary/aromatic N) is 6. The molecule has 2 N–H and O–H groups in total. The van der Waals surface area contributed by atoms with Crippen molar-refractivity contribution >= 4 is 29.2 Å². The van der Waals surface area contributed by atoms with Crippen LogP contribution in [0.15, 0.2) is 23.5 Å². The number of hydrogen-bond acceptors (Lipinski definition) is 7. The number of amides is 1. The molecule has 0 aromatic carbocycles. The van der Waals surface area contributed by atoms with Crippen molar-refractivity contribution in [3.05, 3.63) is 34.0 Å². The number of piperazine rings is 1. The zero-order valence-corrected chi connectivity index (χ0v) is 18.7. The van der Waals surface area contributed by atoms with Gasteiger partial charge in [-0.15, -0.1) is 11.3 Å². The number of rotatable bonds is 7. The Kier molecular flexibility index (Phi) is 7.95. The van der Waals surface area contributed by atoms with Gasteiger partial charge >= 0.3 is 0 Å². The molecule has 0 spiro atoms. The molecule has 1 aliphatic heterocycles. The van der Waals surface area contributed by atoms with Gasteiger partial charge in [0, 0.05) is 76.4 Å². The van der Waals surface area contributed by atoms with Crippen molar-refractivity contribution in [2.45, 2.75) is 26.7 Å². The van der Waals surface area contributed by atoms with E-state index < -0.39 is 0 Å². The van der Waals surface area contributed by atoms with Crippen LogP contribution in [-0.2, 0) is 11.2 Å². The molecule has 10 heteroatoms. The maximum absolute atomic E-state index is 12.5. The van der Waals surface area contributed by atoms with E-state index in [0.717, 1.165) is 42.7 Å². The van der Waals surface area contributed by atoms with E-state index >= 15 is 0 Å². The number of guanidine groups is 1. The Morgan fingerprint density at radius 2 is 1.83 bits per heavy atom. The Morgan fingerprint density at radius 1 is 1.13 bits per heavy atom. The highest BCUT2D eigenvalue weighted by atomic mass is 32.1. The van der Waals surface area contributed by atoms with Gasteiger partial charge in [-0.1, -0.05) is 0 Å². The molecule has 162 valence electrons. The van der Waals surface area contributed by atoms with E-state index in [1.165, 1.54) is 4.88 Å². The number of thiazole rings is 1. The predicted molar refractivity (Wildman–Crippen MR) is 120 cm³/mol. The van der Waals surface area contributed by atoms with Crippen LogP contribution in [0.2, 0.25) is 0 Å². The number of nitrogens with one attached hydrogen (secondary N) is 2. The Balaban J connectivity index is 1.33. The van der Waals surface area contributed by atoms with E-state index in [2.05, 4.69) is 42.4 Å². The number of carbonyl (C=O) groups excluding carboxylic acids is 1. The number of aryl methyl sites for hydroxylation is 2. The van der Waals surface area contributed by atoms with Gasteiger partial charge in [0.1, 0.15) is 0 Å². The first kappa shape index (κ1) is 21.9. The van der Waals surface area contributed by atoms with Crippen LogP contribution in [0.5, 0.6) is 0 Å². The zero-order valence-electron chi connectivity index (χ0n) is 17.9. The zero-order chi connectivity index (χ0) is 21.3. The second-order valence-corrected chi connectivity index (χ2v) is 8.38. The third kappa shape index (κ3) is 6.12. The summed E-state index contributed by atoms with van der Waals surface area (Å²) in [6.07, 6.45) is 4.78. The van der Waals surface area contributed by atoms with Gasteiger partial charge in [-0.2, -0.15) is 0 Å². The normalized spacial score (nSPS) is 14.7. The van der Waals surface area contributed by atoms with Crippen LogP contribution in [0.1, 0.15) is 22.0 Å². The average Bonchev–Trinajstić information content (AvgIpc) is 3.10. The molecule has 0 radical (unpaired) electrons. The lowest BCUT2D eigenvalue weighted by Crippen LogP contribution is -2.50. The molecule has 30 heavy (non-hydrogen) atoms. The van der Waals surface area contributed by atoms with E-state index in [0.29, 0.717) is 32.0 Å². The summed E-state index contributed by atoms with van der Waals surface area (Å²) in [5.74, 6) is 1.59. The maximum atomic E-state index is 12.5. The predicted octanol–water partition coefficient (Wildman–Crippen LogP) is 0.996. The summed E-state index contributed by atoms with van der Waals surface area (Å²) < 4.78 is 0. The summed E-state index contributed by atoms with van der Waals surface area (Å²) in [7, 11) is 1.74. The molecule has 3 rings (SSSR count). The van der Waals surface area contributed by atoms with Gasteiger partial charge < -0.3 is 20.4 Å². The smallest absolute Gasteiger partial charge is 0.225 e. The maximum Gasteiger partial charge on any atom is 0.225 e. The first-order valence-corrected chi connectivity index (χ1v) is 11.1. The highest BCUT2D eigenvalue weighted by Crippen LogP contribution is 2.16. The summed E-state index contributed by atoms with van der Waals surface area (Å²) in [5.41, 5.74) is 1.10. The Hall–Kier alpha value is -2.75. The lowest BCUT2D eigenvalue weighted by Gasteiger charge is -2.34. The molecule has 2 aromatic rings. The second kappa shape index (κ2) is 10.9. The molecule has 1 amide bonds. The summed E-state index contributed by atoms with van der Waals surface area (Å²) in [6.45, 7) is 8.32. The number of aromatic nitrogens is 3. The number of hydrogen-bond donors (Lipinski definition) is 2. The quantitative estimate of drug-likeness (QED) is 0.499. The lowest BCUT2D eigenvalue weighted by molar-refractivity contribution is -0.131. The van der Waals surface area contributed by atoms with Crippen LogP contribution < -0.4 is 15.5 Å². The molecule has 1 aliphatic rings. The average molecular weight is 431 g/mol. The van der Waals surface area contributed by atoms with Gasteiger partial charge in [-0.25, -0.2) is 15.0 Å². The molecule has 9 nitrogen and oxygen atoms in total. The van der Waals surface area contributed by atoms with E-state index in [9.17, 15) is 4.79 Å². The Bertz CT molecular complexity index is 826. The van der Waals surface area contributed by atoms with Gasteiger partial charge in [-0.05, 0) is 19.9 Å². The topological polar surface area (TPSA) is 98.6 Å². The molecule has 2 aromatic heterocycles. The standard InChI is InChI=1S/C20H30N8OS/c1-15-16(2)30-17(26-15)5-9-22-19(21-3)23-10-6-18(29)27-11-13-28(14-12-27)20-24-7-4-8-25-20/h4,7-8H,5-6,9-14H2,1-3H3,(H2,21,22,23). The second-order valence-electron chi connectivity index (χ2n) is 7.09. The highest BCUT2D eigenvalue weighted by Gasteiger charge is 2.22. The number of aliphatic imine (C=N–C) groups is 1. The first-order chi connectivity index (χ1) is 14.6. The van der Waals surface area contributed by atoms with Crippen molar-refractivity contribution in [2.24, 2.45) is 4.99 Å². The van der Waals surface area contributed by atoms with E-state index in [-0.39, 0.29) is 5.91 Å². The summed E-state index contributed by atoms with van der Waals surface area (Å²) in [6, 6.07) is 1.81. The van der Waals surface area contributed by atoms with Crippen molar-refractivity contribution < 1.29 is 4.79 Å². The molecular weight excluding hydrogens is 400 g/mol. The van der Waals surface area contributed by atoms with Crippen LogP contribution in [0.4, 0.5) is 5.95 Å². The van der Waals surface area contributed by atoms with Gasteiger partial charge in [0.15, 0.2) is 5.96 Å². The molecular formula is C20H30N8OS. The fourth-order valence-electron chi connectivity index (χ4n) is 3.21. The number of anilines is 1. The Morgan fingerprint density at radius 3 is 2.47 bits per heavy atom. The summed E-state index contributed by atoms with van der Waals surface area (Å²) >= 11 is 1.74. The van der Waals surface area contributed by atoms with Crippen LogP contribution in [0.25, 0.3) is 0 Å². The van der Waals surface area contributed by atoms with Crippen LogP contribution >= 0.6 is 11.3 Å². The molecule has 0 bridgehead atoms. The van der Waals surface area contributed by atoms with Crippen LogP contribution in [-0.4, -0.2) is 78.0 Å². The minimum Gasteiger partial charge on any atom is -0.356 e.